The Morgan fingerprint density at radius 1 is 1.06 bits per heavy atom. The molecule has 0 fully saturated rings. The Kier molecular flexibility index (Phi) is 4.95. The molecule has 0 aliphatic heterocycles. The highest BCUT2D eigenvalue weighted by Crippen LogP contribution is 2.29. The third-order valence-electron chi connectivity index (χ3n) is 5.26. The second-order valence-electron chi connectivity index (χ2n) is 7.38. The summed E-state index contributed by atoms with van der Waals surface area (Å²) in [5, 5.41) is 15.6. The molecule has 3 aromatic carbocycles. The second-order valence-corrected chi connectivity index (χ2v) is 7.82. The number of halogens is 1. The molecule has 8 heteroatoms. The summed E-state index contributed by atoms with van der Waals surface area (Å²) in [7, 11) is 0. The highest BCUT2D eigenvalue weighted by molar-refractivity contribution is 6.31. The standard InChI is InChI=1S/C24H18ClN5O2/c1-14(16-6-3-5-9-21(16)31)28-29-22(32)13-30-20-8-4-2-7-17(20)23-24(30)27-18-11-10-15(25)12-19(18)26-23/h2-12,31H,13H2,1H3,(H,29,32). The Hall–Kier alpha value is -3.97. The van der Waals surface area contributed by atoms with Crippen LogP contribution in [0.1, 0.15) is 12.5 Å². The van der Waals surface area contributed by atoms with E-state index in [2.05, 4.69) is 10.5 Å². The third-order valence-corrected chi connectivity index (χ3v) is 5.49. The van der Waals surface area contributed by atoms with Crippen molar-refractivity contribution in [3.05, 3.63) is 77.3 Å². The molecule has 0 saturated carbocycles. The number of aromatic nitrogens is 3. The van der Waals surface area contributed by atoms with Crippen LogP contribution in [0.3, 0.4) is 0 Å². The van der Waals surface area contributed by atoms with E-state index in [1.807, 2.05) is 34.9 Å². The smallest absolute Gasteiger partial charge is 0.260 e. The summed E-state index contributed by atoms with van der Waals surface area (Å²) >= 11 is 6.12. The van der Waals surface area contributed by atoms with Gasteiger partial charge in [0, 0.05) is 16.0 Å². The van der Waals surface area contributed by atoms with Gasteiger partial charge in [0.15, 0.2) is 5.65 Å². The van der Waals surface area contributed by atoms with Gasteiger partial charge in [-0.3, -0.25) is 4.79 Å². The van der Waals surface area contributed by atoms with Crippen LogP contribution in [0.2, 0.25) is 5.02 Å². The van der Waals surface area contributed by atoms with Crippen molar-refractivity contribution in [1.82, 2.24) is 20.0 Å². The number of hydrogen-bond acceptors (Lipinski definition) is 5. The molecular formula is C24H18ClN5O2. The van der Waals surface area contributed by atoms with Crippen LogP contribution in [0.25, 0.3) is 33.1 Å². The van der Waals surface area contributed by atoms with E-state index in [4.69, 9.17) is 21.6 Å². The number of fused-ring (bicyclic) bond motifs is 4. The number of phenols is 1. The highest BCUT2D eigenvalue weighted by Gasteiger charge is 2.16. The molecule has 2 aromatic heterocycles. The van der Waals surface area contributed by atoms with Crippen LogP contribution in [-0.4, -0.2) is 31.3 Å². The topological polar surface area (TPSA) is 92.4 Å². The average Bonchev–Trinajstić information content (AvgIpc) is 3.09. The van der Waals surface area contributed by atoms with E-state index in [9.17, 15) is 9.90 Å². The molecule has 0 radical (unpaired) electrons. The predicted molar refractivity (Wildman–Crippen MR) is 126 cm³/mol. The summed E-state index contributed by atoms with van der Waals surface area (Å²) in [6, 6.07) is 19.9. The number of rotatable bonds is 4. The lowest BCUT2D eigenvalue weighted by Gasteiger charge is -2.07. The van der Waals surface area contributed by atoms with Crippen molar-refractivity contribution in [1.29, 1.82) is 0 Å². The summed E-state index contributed by atoms with van der Waals surface area (Å²) in [5.74, 6) is -0.215. The number of nitrogens with one attached hydrogen (secondary N) is 1. The Labute approximate surface area is 188 Å². The normalized spacial score (nSPS) is 12.0. The summed E-state index contributed by atoms with van der Waals surface area (Å²) in [6.07, 6.45) is 0. The van der Waals surface area contributed by atoms with Crippen LogP contribution in [0.5, 0.6) is 5.75 Å². The summed E-state index contributed by atoms with van der Waals surface area (Å²) in [4.78, 5) is 22.3. The van der Waals surface area contributed by atoms with Crippen molar-refractivity contribution in [2.24, 2.45) is 5.10 Å². The van der Waals surface area contributed by atoms with Gasteiger partial charge in [0.2, 0.25) is 0 Å². The quantitative estimate of drug-likeness (QED) is 0.312. The van der Waals surface area contributed by atoms with Gasteiger partial charge in [-0.05, 0) is 43.3 Å². The number of amides is 1. The molecule has 0 aliphatic rings. The molecule has 7 nitrogen and oxygen atoms in total. The zero-order chi connectivity index (χ0) is 22.2. The van der Waals surface area contributed by atoms with Gasteiger partial charge in [0.1, 0.15) is 17.8 Å². The van der Waals surface area contributed by atoms with Gasteiger partial charge < -0.3 is 9.67 Å². The van der Waals surface area contributed by atoms with Crippen LogP contribution >= 0.6 is 11.6 Å². The molecule has 2 heterocycles. The minimum atomic E-state index is -0.319. The van der Waals surface area contributed by atoms with Gasteiger partial charge in [0.25, 0.3) is 5.91 Å². The molecule has 32 heavy (non-hydrogen) atoms. The van der Waals surface area contributed by atoms with Crippen molar-refractivity contribution in [3.63, 3.8) is 0 Å². The minimum Gasteiger partial charge on any atom is -0.507 e. The summed E-state index contributed by atoms with van der Waals surface area (Å²) in [6.45, 7) is 1.73. The monoisotopic (exact) mass is 443 g/mol. The Balaban J connectivity index is 1.53. The lowest BCUT2D eigenvalue weighted by molar-refractivity contribution is -0.121. The van der Waals surface area contributed by atoms with Crippen LogP contribution in [0, 0.1) is 0 Å². The minimum absolute atomic E-state index is 0.00927. The number of phenolic OH excluding ortho intramolecular Hbond substituents is 1. The van der Waals surface area contributed by atoms with Crippen LogP contribution < -0.4 is 5.43 Å². The molecule has 0 unspecified atom stereocenters. The van der Waals surface area contributed by atoms with Gasteiger partial charge in [-0.25, -0.2) is 15.4 Å². The SMILES string of the molecule is CC(=NNC(=O)Cn1c2ccccc2c2nc3cc(Cl)ccc3nc21)c1ccccc1O. The van der Waals surface area contributed by atoms with Crippen LogP contribution in [0.4, 0.5) is 0 Å². The van der Waals surface area contributed by atoms with Crippen molar-refractivity contribution < 1.29 is 9.90 Å². The van der Waals surface area contributed by atoms with Crippen molar-refractivity contribution in [3.8, 4) is 5.75 Å². The van der Waals surface area contributed by atoms with Crippen LogP contribution in [-0.2, 0) is 11.3 Å². The zero-order valence-corrected chi connectivity index (χ0v) is 17.8. The predicted octanol–water partition coefficient (Wildman–Crippen LogP) is 4.64. The van der Waals surface area contributed by atoms with E-state index in [0.717, 1.165) is 10.9 Å². The maximum absolute atomic E-state index is 12.8. The summed E-state index contributed by atoms with van der Waals surface area (Å²) in [5.41, 5.74) is 7.18. The van der Waals surface area contributed by atoms with E-state index in [1.165, 1.54) is 0 Å². The molecule has 0 bridgehead atoms. The molecule has 0 aliphatic carbocycles. The first-order valence-corrected chi connectivity index (χ1v) is 10.3. The van der Waals surface area contributed by atoms with E-state index in [1.54, 1.807) is 43.3 Å². The molecular weight excluding hydrogens is 426 g/mol. The highest BCUT2D eigenvalue weighted by atomic mass is 35.5. The number of para-hydroxylation sites is 2. The van der Waals surface area contributed by atoms with Gasteiger partial charge in [0.05, 0.1) is 22.3 Å². The number of hydrazone groups is 1. The van der Waals surface area contributed by atoms with Crippen molar-refractivity contribution in [2.75, 3.05) is 0 Å². The Morgan fingerprint density at radius 3 is 2.69 bits per heavy atom. The number of carbonyl (C=O) groups excluding carboxylic acids is 1. The third kappa shape index (κ3) is 3.52. The lowest BCUT2D eigenvalue weighted by atomic mass is 10.1. The number of aromatic hydroxyl groups is 1. The number of hydrogen-bond donors (Lipinski definition) is 2. The first-order valence-electron chi connectivity index (χ1n) is 9.97. The van der Waals surface area contributed by atoms with E-state index in [-0.39, 0.29) is 18.2 Å². The number of carbonyl (C=O) groups is 1. The van der Waals surface area contributed by atoms with Crippen LogP contribution in [0.15, 0.2) is 71.8 Å². The molecule has 5 rings (SSSR count). The van der Waals surface area contributed by atoms with Gasteiger partial charge in [-0.1, -0.05) is 41.9 Å². The molecule has 1 amide bonds. The fourth-order valence-corrected chi connectivity index (χ4v) is 3.90. The summed E-state index contributed by atoms with van der Waals surface area (Å²) < 4.78 is 1.83. The van der Waals surface area contributed by atoms with Gasteiger partial charge in [-0.15, -0.1) is 0 Å². The zero-order valence-electron chi connectivity index (χ0n) is 17.1. The lowest BCUT2D eigenvalue weighted by Crippen LogP contribution is -2.24. The molecule has 5 aromatic rings. The average molecular weight is 444 g/mol. The van der Waals surface area contributed by atoms with E-state index < -0.39 is 0 Å². The molecule has 0 spiro atoms. The Bertz CT molecular complexity index is 1540. The van der Waals surface area contributed by atoms with Crippen molar-refractivity contribution in [2.45, 2.75) is 13.5 Å². The molecule has 0 saturated heterocycles. The fraction of sp³-hybridized carbons (Fsp3) is 0.0833. The Morgan fingerprint density at radius 2 is 1.84 bits per heavy atom. The molecule has 2 N–H and O–H groups in total. The first kappa shape index (κ1) is 20.0. The first-order chi connectivity index (χ1) is 15.5. The van der Waals surface area contributed by atoms with E-state index in [0.29, 0.717) is 38.5 Å². The van der Waals surface area contributed by atoms with Gasteiger partial charge in [-0.2, -0.15) is 5.10 Å². The number of nitrogens with zero attached hydrogens (tertiary/aromatic N) is 4. The number of benzene rings is 3. The van der Waals surface area contributed by atoms with Gasteiger partial charge >= 0.3 is 0 Å². The maximum atomic E-state index is 12.8. The van der Waals surface area contributed by atoms with Crippen molar-refractivity contribution >= 4 is 56.3 Å². The van der Waals surface area contributed by atoms with E-state index >= 15 is 0 Å². The second kappa shape index (κ2) is 7.94. The molecule has 0 atom stereocenters. The largest absolute Gasteiger partial charge is 0.507 e. The molecule has 158 valence electrons. The fourth-order valence-electron chi connectivity index (χ4n) is 3.74. The maximum Gasteiger partial charge on any atom is 0.260 e.